The average molecular weight is 667 g/mol. The predicted octanol–water partition coefficient (Wildman–Crippen LogP) is 9.95. The number of aliphatic carboxylic acids is 1. The van der Waals surface area contributed by atoms with Crippen LogP contribution in [0.2, 0.25) is 0 Å². The number of carbonyl (C=O) groups is 1. The summed E-state index contributed by atoms with van der Waals surface area (Å²) in [4.78, 5) is 14.3. The fourth-order valence-electron chi connectivity index (χ4n) is 14.4. The molecule has 0 radical (unpaired) electrons. The van der Waals surface area contributed by atoms with E-state index < -0.39 is 18.1 Å². The molecule has 4 saturated carbocycles. The van der Waals surface area contributed by atoms with Crippen LogP contribution in [0.25, 0.3) is 0 Å². The van der Waals surface area contributed by atoms with Gasteiger partial charge in [-0.2, -0.15) is 0 Å². The highest BCUT2D eigenvalue weighted by Gasteiger charge is 2.70. The summed E-state index contributed by atoms with van der Waals surface area (Å²) >= 11 is 0. The average Bonchev–Trinajstić information content (AvgIpc) is 3.41. The Morgan fingerprint density at radius 1 is 0.917 bits per heavy atom. The smallest absolute Gasteiger partial charge is 0.312 e. The van der Waals surface area contributed by atoms with E-state index in [2.05, 4.69) is 84.9 Å². The van der Waals surface area contributed by atoms with Gasteiger partial charge in [-0.3, -0.25) is 4.79 Å². The van der Waals surface area contributed by atoms with Gasteiger partial charge in [0.15, 0.2) is 0 Å². The molecular formula is C43H71FN2O2. The van der Waals surface area contributed by atoms with Crippen LogP contribution in [-0.2, 0) is 4.79 Å². The van der Waals surface area contributed by atoms with Crippen LogP contribution in [0.15, 0.2) is 23.3 Å². The zero-order valence-corrected chi connectivity index (χ0v) is 32.3. The SMILES string of the molecule is CC(C)[C@@H]1CC[C@]2(CCNCCN(C)C)CC[C@]3(C)[C@H](CC[C@@H]4[C@@]5(C)CC=C(C6=CC[C@](CF)(C(=O)O)CC6)C(C)(C)[C@@H]5CC[C@]43C)[C@@H]12. The maximum Gasteiger partial charge on any atom is 0.312 e. The number of alkyl halides is 1. The Kier molecular flexibility index (Phi) is 9.74. The number of hydrogen-bond donors (Lipinski definition) is 2. The Hall–Kier alpha value is -1.20. The third-order valence-electron chi connectivity index (χ3n) is 17.3. The summed E-state index contributed by atoms with van der Waals surface area (Å²) < 4.78 is 14.0. The first-order chi connectivity index (χ1) is 22.5. The highest BCUT2D eigenvalue weighted by Crippen LogP contribution is 2.78. The van der Waals surface area contributed by atoms with Gasteiger partial charge in [0.25, 0.3) is 0 Å². The molecule has 2 N–H and O–H groups in total. The molecule has 0 aromatic heterocycles. The van der Waals surface area contributed by atoms with Gasteiger partial charge in [0.1, 0.15) is 6.67 Å². The standard InChI is InChI=1S/C43H71FN2O2/c1-29(2)31-14-21-42(24-25-45-26-27-46(8)9)23-22-40(6)33(36(31)42)10-11-35-39(5)17-15-32(38(3,4)34(39)16-18-41(35,40)7)30-12-19-43(28-44,20-13-30)37(47)48/h12,15,29,31,33-36,45H,10-11,13-14,16-28H2,1-9H3,(H,47,48)/t31-,33+,34-,35+,36+,39-,40+,41+,42+,43-/m0/s1. The van der Waals surface area contributed by atoms with Gasteiger partial charge < -0.3 is 15.3 Å². The predicted molar refractivity (Wildman–Crippen MR) is 196 cm³/mol. The maximum absolute atomic E-state index is 14.0. The van der Waals surface area contributed by atoms with E-state index >= 15 is 0 Å². The lowest BCUT2D eigenvalue weighted by molar-refractivity contribution is -0.229. The molecule has 0 spiro atoms. The van der Waals surface area contributed by atoms with Crippen LogP contribution in [0.3, 0.4) is 0 Å². The van der Waals surface area contributed by atoms with Gasteiger partial charge in [0, 0.05) is 13.1 Å². The molecule has 0 amide bonds. The lowest BCUT2D eigenvalue weighted by atomic mass is 9.32. The molecule has 272 valence electrons. The lowest BCUT2D eigenvalue weighted by Gasteiger charge is -2.72. The summed E-state index contributed by atoms with van der Waals surface area (Å²) in [6.07, 6.45) is 19.7. The first-order valence-corrected chi connectivity index (χ1v) is 20.1. The Morgan fingerprint density at radius 2 is 1.67 bits per heavy atom. The van der Waals surface area contributed by atoms with Crippen LogP contribution in [0.1, 0.15) is 132 Å². The highest BCUT2D eigenvalue weighted by molar-refractivity contribution is 5.75. The second kappa shape index (κ2) is 12.8. The van der Waals surface area contributed by atoms with Crippen LogP contribution in [0.5, 0.6) is 0 Å². The van der Waals surface area contributed by atoms with Gasteiger partial charge in [-0.1, -0.05) is 60.6 Å². The fraction of sp³-hybridized carbons (Fsp3) is 0.884. The van der Waals surface area contributed by atoms with Gasteiger partial charge in [-0.25, -0.2) is 4.39 Å². The maximum atomic E-state index is 14.0. The molecule has 10 atom stereocenters. The Labute approximate surface area is 293 Å². The number of carboxylic acids is 1. The monoisotopic (exact) mass is 667 g/mol. The lowest BCUT2D eigenvalue weighted by Crippen LogP contribution is -2.65. The number of likely N-dealkylation sites (N-methyl/N-ethyl adjacent to an activating group) is 1. The zero-order chi connectivity index (χ0) is 34.9. The summed E-state index contributed by atoms with van der Waals surface area (Å²) in [5, 5.41) is 13.6. The van der Waals surface area contributed by atoms with Crippen LogP contribution in [0.4, 0.5) is 4.39 Å². The molecule has 0 aromatic rings. The molecule has 6 aliphatic carbocycles. The number of halogens is 1. The largest absolute Gasteiger partial charge is 0.481 e. The highest BCUT2D eigenvalue weighted by atomic mass is 19.1. The third kappa shape index (κ3) is 5.43. The van der Waals surface area contributed by atoms with Crippen molar-refractivity contribution in [2.45, 2.75) is 132 Å². The van der Waals surface area contributed by atoms with E-state index in [0.29, 0.717) is 41.4 Å². The van der Waals surface area contributed by atoms with Crippen molar-refractivity contribution in [2.24, 2.45) is 68.0 Å². The minimum absolute atomic E-state index is 0.0341. The molecule has 0 saturated heterocycles. The van der Waals surface area contributed by atoms with Crippen molar-refractivity contribution in [1.82, 2.24) is 10.2 Å². The van der Waals surface area contributed by atoms with Crippen molar-refractivity contribution in [3.8, 4) is 0 Å². The summed E-state index contributed by atoms with van der Waals surface area (Å²) in [6.45, 7) is 20.8. The van der Waals surface area contributed by atoms with Crippen molar-refractivity contribution in [2.75, 3.05) is 40.4 Å². The van der Waals surface area contributed by atoms with Gasteiger partial charge >= 0.3 is 5.97 Å². The zero-order valence-electron chi connectivity index (χ0n) is 32.3. The first kappa shape index (κ1) is 36.6. The van der Waals surface area contributed by atoms with E-state index in [-0.39, 0.29) is 10.8 Å². The number of allylic oxidation sites excluding steroid dienone is 4. The Morgan fingerprint density at radius 3 is 2.29 bits per heavy atom. The van der Waals surface area contributed by atoms with Crippen molar-refractivity contribution in [3.05, 3.63) is 23.3 Å². The van der Waals surface area contributed by atoms with Crippen molar-refractivity contribution >= 4 is 5.97 Å². The molecule has 0 heterocycles. The first-order valence-electron chi connectivity index (χ1n) is 20.1. The third-order valence-corrected chi connectivity index (χ3v) is 17.3. The molecule has 5 heteroatoms. The number of carboxylic acid groups (broad SMARTS) is 1. The van der Waals surface area contributed by atoms with E-state index in [4.69, 9.17) is 0 Å². The minimum atomic E-state index is -1.23. The number of hydrogen-bond acceptors (Lipinski definition) is 3. The number of rotatable bonds is 10. The van der Waals surface area contributed by atoms with Crippen molar-refractivity contribution in [3.63, 3.8) is 0 Å². The minimum Gasteiger partial charge on any atom is -0.481 e. The number of nitrogens with zero attached hydrogens (tertiary/aromatic N) is 1. The summed E-state index contributed by atoms with van der Waals surface area (Å²) in [5.74, 6) is 3.70. The van der Waals surface area contributed by atoms with Crippen LogP contribution in [0, 0.1) is 68.0 Å². The van der Waals surface area contributed by atoms with E-state index in [1.807, 2.05) is 0 Å². The molecule has 4 fully saturated rings. The molecular weight excluding hydrogens is 595 g/mol. The Balaban J connectivity index is 1.27. The fourth-order valence-corrected chi connectivity index (χ4v) is 14.4. The van der Waals surface area contributed by atoms with E-state index in [1.54, 1.807) is 0 Å². The van der Waals surface area contributed by atoms with Crippen LogP contribution < -0.4 is 5.32 Å². The van der Waals surface area contributed by atoms with Crippen molar-refractivity contribution in [1.29, 1.82) is 0 Å². The second-order valence-electron chi connectivity index (χ2n) is 20.0. The molecule has 0 bridgehead atoms. The summed E-state index contributed by atoms with van der Waals surface area (Å²) in [7, 11) is 4.35. The molecule has 0 aliphatic heterocycles. The number of fused-ring (bicyclic) bond motifs is 7. The molecule has 0 aromatic carbocycles. The van der Waals surface area contributed by atoms with Crippen LogP contribution in [-0.4, -0.2) is 56.4 Å². The number of nitrogens with one attached hydrogen (secondary N) is 1. The van der Waals surface area contributed by atoms with E-state index in [1.165, 1.54) is 75.5 Å². The molecule has 48 heavy (non-hydrogen) atoms. The second-order valence-corrected chi connectivity index (χ2v) is 20.0. The van der Waals surface area contributed by atoms with E-state index in [0.717, 1.165) is 49.1 Å². The van der Waals surface area contributed by atoms with Gasteiger partial charge in [0.05, 0.1) is 5.41 Å². The van der Waals surface area contributed by atoms with Crippen LogP contribution >= 0.6 is 0 Å². The normalized spacial score (nSPS) is 45.1. The summed E-state index contributed by atoms with van der Waals surface area (Å²) in [6, 6.07) is 0. The quantitative estimate of drug-likeness (QED) is 0.228. The van der Waals surface area contributed by atoms with E-state index in [9.17, 15) is 14.3 Å². The Bertz CT molecular complexity index is 1290. The molecule has 6 rings (SSSR count). The molecule has 0 unspecified atom stereocenters. The summed E-state index contributed by atoms with van der Waals surface area (Å²) in [5.41, 5.74) is 3.09. The molecule has 6 aliphatic rings. The van der Waals surface area contributed by atoms with Gasteiger partial charge in [-0.15, -0.1) is 0 Å². The van der Waals surface area contributed by atoms with Gasteiger partial charge in [-0.05, 0) is 178 Å². The topological polar surface area (TPSA) is 52.6 Å². The molecule has 4 nitrogen and oxygen atoms in total. The van der Waals surface area contributed by atoms with Gasteiger partial charge in [0.2, 0.25) is 0 Å². The van der Waals surface area contributed by atoms with Crippen molar-refractivity contribution < 1.29 is 14.3 Å².